The van der Waals surface area contributed by atoms with E-state index in [9.17, 15) is 9.18 Å². The Bertz CT molecular complexity index is 624. The number of nitrogens with zero attached hydrogens (tertiary/aromatic N) is 1. The van der Waals surface area contributed by atoms with E-state index in [0.717, 1.165) is 4.60 Å². The standard InChI is InChI=1S/C14H13BrClFN2O.3C2H6/c1-2-19-12(6-7-13(19)15)14(20)18-8-9-10(16)4-3-5-11(9)17;3*1-2/h3-7H,2,8H2,1H3,(H,18,20);3*1-2H3. The molecular weight excluding hydrogens is 419 g/mol. The maximum absolute atomic E-state index is 13.6. The maximum atomic E-state index is 13.6. The number of carbonyl (C=O) groups is 1. The van der Waals surface area contributed by atoms with Crippen molar-refractivity contribution in [3.8, 4) is 0 Å². The fourth-order valence-electron chi connectivity index (χ4n) is 1.92. The van der Waals surface area contributed by atoms with E-state index in [0.29, 0.717) is 17.3 Å². The van der Waals surface area contributed by atoms with Crippen molar-refractivity contribution in [3.63, 3.8) is 0 Å². The molecule has 2 rings (SSSR count). The lowest BCUT2D eigenvalue weighted by molar-refractivity contribution is 0.0941. The number of rotatable bonds is 4. The average Bonchev–Trinajstić information content (AvgIpc) is 3.06. The normalized spacial score (nSPS) is 8.85. The molecule has 1 aromatic heterocycles. The first-order valence-electron chi connectivity index (χ1n) is 9.10. The van der Waals surface area contributed by atoms with Crippen LogP contribution in [0.15, 0.2) is 34.9 Å². The van der Waals surface area contributed by atoms with Crippen LogP contribution in [0, 0.1) is 5.82 Å². The summed E-state index contributed by atoms with van der Waals surface area (Å²) in [6.07, 6.45) is 0. The van der Waals surface area contributed by atoms with Gasteiger partial charge in [-0.1, -0.05) is 59.2 Å². The Morgan fingerprint density at radius 3 is 2.19 bits per heavy atom. The molecule has 0 aliphatic heterocycles. The van der Waals surface area contributed by atoms with Gasteiger partial charge in [-0.3, -0.25) is 4.79 Å². The van der Waals surface area contributed by atoms with Crippen LogP contribution in [-0.2, 0) is 13.1 Å². The van der Waals surface area contributed by atoms with E-state index in [1.807, 2.05) is 53.0 Å². The summed E-state index contributed by atoms with van der Waals surface area (Å²) in [5.74, 6) is -0.693. The molecule has 0 bridgehead atoms. The molecule has 0 atom stereocenters. The predicted molar refractivity (Wildman–Crippen MR) is 114 cm³/mol. The Hall–Kier alpha value is -1.33. The molecule has 6 heteroatoms. The van der Waals surface area contributed by atoms with E-state index in [1.165, 1.54) is 12.1 Å². The summed E-state index contributed by atoms with van der Waals surface area (Å²) in [6, 6.07) is 7.96. The van der Waals surface area contributed by atoms with Gasteiger partial charge in [0.2, 0.25) is 0 Å². The maximum Gasteiger partial charge on any atom is 0.268 e. The van der Waals surface area contributed by atoms with Crippen molar-refractivity contribution in [1.82, 2.24) is 9.88 Å². The van der Waals surface area contributed by atoms with Gasteiger partial charge >= 0.3 is 0 Å². The zero-order valence-corrected chi connectivity index (χ0v) is 19.1. The second kappa shape index (κ2) is 15.9. The van der Waals surface area contributed by atoms with E-state index in [2.05, 4.69) is 21.2 Å². The molecule has 0 radical (unpaired) electrons. The largest absolute Gasteiger partial charge is 0.347 e. The van der Waals surface area contributed by atoms with Crippen molar-refractivity contribution in [1.29, 1.82) is 0 Å². The molecule has 0 spiro atoms. The molecule has 0 saturated carbocycles. The van der Waals surface area contributed by atoms with Crippen LogP contribution in [0.3, 0.4) is 0 Å². The van der Waals surface area contributed by atoms with Crippen LogP contribution in [0.1, 0.15) is 64.5 Å². The third kappa shape index (κ3) is 7.92. The first-order valence-corrected chi connectivity index (χ1v) is 10.3. The molecule has 1 N–H and O–H groups in total. The predicted octanol–water partition coefficient (Wildman–Crippen LogP) is 7.07. The van der Waals surface area contributed by atoms with Crippen LogP contribution in [0.2, 0.25) is 5.02 Å². The Kier molecular flexibility index (Phi) is 16.4. The monoisotopic (exact) mass is 448 g/mol. The minimum Gasteiger partial charge on any atom is -0.347 e. The van der Waals surface area contributed by atoms with E-state index < -0.39 is 5.82 Å². The smallest absolute Gasteiger partial charge is 0.268 e. The Morgan fingerprint density at radius 1 is 1.12 bits per heavy atom. The van der Waals surface area contributed by atoms with Crippen LogP contribution >= 0.6 is 27.5 Å². The highest BCUT2D eigenvalue weighted by Gasteiger charge is 2.14. The van der Waals surface area contributed by atoms with E-state index in [-0.39, 0.29) is 18.0 Å². The molecule has 0 unspecified atom stereocenters. The number of hydrogen-bond acceptors (Lipinski definition) is 1. The van der Waals surface area contributed by atoms with Crippen LogP contribution in [0.25, 0.3) is 0 Å². The van der Waals surface area contributed by atoms with Crippen molar-refractivity contribution >= 4 is 33.4 Å². The molecule has 0 saturated heterocycles. The summed E-state index contributed by atoms with van der Waals surface area (Å²) in [4.78, 5) is 12.1. The number of hydrogen-bond donors (Lipinski definition) is 1. The van der Waals surface area contributed by atoms with Gasteiger partial charge in [-0.2, -0.15) is 0 Å². The summed E-state index contributed by atoms with van der Waals surface area (Å²) in [5, 5.41) is 2.98. The summed E-state index contributed by atoms with van der Waals surface area (Å²) >= 11 is 9.28. The summed E-state index contributed by atoms with van der Waals surface area (Å²) in [7, 11) is 0. The van der Waals surface area contributed by atoms with Crippen LogP contribution in [0.4, 0.5) is 4.39 Å². The van der Waals surface area contributed by atoms with E-state index in [4.69, 9.17) is 11.6 Å². The van der Waals surface area contributed by atoms with E-state index >= 15 is 0 Å². The Labute approximate surface area is 171 Å². The van der Waals surface area contributed by atoms with Gasteiger partial charge in [0, 0.05) is 23.7 Å². The molecule has 3 nitrogen and oxygen atoms in total. The minimum atomic E-state index is -0.426. The van der Waals surface area contributed by atoms with Gasteiger partial charge in [-0.15, -0.1) is 0 Å². The molecule has 1 amide bonds. The Morgan fingerprint density at radius 2 is 1.69 bits per heavy atom. The lowest BCUT2D eigenvalue weighted by Gasteiger charge is -2.10. The average molecular weight is 450 g/mol. The third-order valence-electron chi connectivity index (χ3n) is 2.96. The van der Waals surface area contributed by atoms with Gasteiger partial charge in [-0.25, -0.2) is 4.39 Å². The van der Waals surface area contributed by atoms with Gasteiger partial charge < -0.3 is 9.88 Å². The summed E-state index contributed by atoms with van der Waals surface area (Å²) in [6.45, 7) is 14.7. The molecule has 148 valence electrons. The topological polar surface area (TPSA) is 34.0 Å². The quantitative estimate of drug-likeness (QED) is 0.532. The number of amides is 1. The van der Waals surface area contributed by atoms with Gasteiger partial charge in [0.25, 0.3) is 5.91 Å². The van der Waals surface area contributed by atoms with Gasteiger partial charge in [0.05, 0.1) is 4.60 Å². The fourth-order valence-corrected chi connectivity index (χ4v) is 2.73. The number of aromatic nitrogens is 1. The van der Waals surface area contributed by atoms with Crippen molar-refractivity contribution in [2.24, 2.45) is 0 Å². The molecule has 0 aliphatic carbocycles. The van der Waals surface area contributed by atoms with Crippen LogP contribution in [-0.4, -0.2) is 10.5 Å². The van der Waals surface area contributed by atoms with Crippen molar-refractivity contribution < 1.29 is 9.18 Å². The number of benzene rings is 1. The zero-order valence-electron chi connectivity index (χ0n) is 16.8. The summed E-state index contributed by atoms with van der Waals surface area (Å²) in [5.41, 5.74) is 0.808. The molecule has 1 heterocycles. The molecule has 1 aromatic carbocycles. The number of halogens is 3. The SMILES string of the molecule is CC.CC.CC.CCn1c(Br)ccc1C(=O)NCc1c(F)cccc1Cl. The molecule has 0 aliphatic rings. The number of nitrogens with one attached hydrogen (secondary N) is 1. The lowest BCUT2D eigenvalue weighted by atomic mass is 10.2. The molecular formula is C20H31BrClFN2O. The van der Waals surface area contributed by atoms with Crippen molar-refractivity contribution in [3.05, 3.63) is 57.0 Å². The first-order chi connectivity index (χ1) is 12.5. The molecule has 2 aromatic rings. The molecule has 26 heavy (non-hydrogen) atoms. The second-order valence-corrected chi connectivity index (χ2v) is 5.39. The van der Waals surface area contributed by atoms with Crippen molar-refractivity contribution in [2.45, 2.75) is 61.6 Å². The van der Waals surface area contributed by atoms with Gasteiger partial charge in [0.15, 0.2) is 0 Å². The zero-order chi connectivity index (χ0) is 20.7. The highest BCUT2D eigenvalue weighted by molar-refractivity contribution is 9.10. The highest BCUT2D eigenvalue weighted by Crippen LogP contribution is 2.19. The Balaban J connectivity index is 0. The third-order valence-corrected chi connectivity index (χ3v) is 4.01. The van der Waals surface area contributed by atoms with E-state index in [1.54, 1.807) is 18.2 Å². The summed E-state index contributed by atoms with van der Waals surface area (Å²) < 4.78 is 16.3. The van der Waals surface area contributed by atoms with Crippen LogP contribution < -0.4 is 5.32 Å². The lowest BCUT2D eigenvalue weighted by Crippen LogP contribution is -2.26. The van der Waals surface area contributed by atoms with Gasteiger partial charge in [-0.05, 0) is 47.1 Å². The van der Waals surface area contributed by atoms with Crippen LogP contribution in [0.5, 0.6) is 0 Å². The second-order valence-electron chi connectivity index (χ2n) is 4.17. The fraction of sp³-hybridized carbons (Fsp3) is 0.450. The molecule has 0 fully saturated rings. The minimum absolute atomic E-state index is 0.0524. The first kappa shape index (κ1) is 26.9. The highest BCUT2D eigenvalue weighted by atomic mass is 79.9. The number of carbonyl (C=O) groups excluding carboxylic acids is 1. The van der Waals surface area contributed by atoms with Crippen molar-refractivity contribution in [2.75, 3.05) is 0 Å². The van der Waals surface area contributed by atoms with Gasteiger partial charge in [0.1, 0.15) is 11.5 Å².